The van der Waals surface area contributed by atoms with Crippen molar-refractivity contribution >= 4 is 23.8 Å². The molecule has 6 rings (SSSR count). The third-order valence-electron chi connectivity index (χ3n) is 7.51. The fraction of sp³-hybridized carbons (Fsp3) is 0.345. The molecule has 42 heavy (non-hydrogen) atoms. The Morgan fingerprint density at radius 3 is 1.90 bits per heavy atom. The number of piperidine rings is 3. The number of aliphatic hydroxyl groups is 1. The summed E-state index contributed by atoms with van der Waals surface area (Å²) in [6.45, 7) is 2.51. The van der Waals surface area contributed by atoms with E-state index < -0.39 is 23.7 Å². The first-order valence-electron chi connectivity index (χ1n) is 13.2. The van der Waals surface area contributed by atoms with Gasteiger partial charge in [0.1, 0.15) is 12.5 Å². The number of aromatic nitrogens is 2. The van der Waals surface area contributed by atoms with Crippen molar-refractivity contribution < 1.29 is 47.0 Å². The summed E-state index contributed by atoms with van der Waals surface area (Å²) in [7, 11) is 0. The van der Waals surface area contributed by atoms with E-state index in [0.717, 1.165) is 25.9 Å². The van der Waals surface area contributed by atoms with Crippen LogP contribution in [0.25, 0.3) is 0 Å². The van der Waals surface area contributed by atoms with Crippen LogP contribution in [0.15, 0.2) is 79.1 Å². The van der Waals surface area contributed by atoms with Gasteiger partial charge in [-0.3, -0.25) is 10.1 Å². The molecule has 2 bridgehead atoms. The van der Waals surface area contributed by atoms with Crippen molar-refractivity contribution in [2.75, 3.05) is 31.5 Å². The van der Waals surface area contributed by atoms with E-state index in [0.29, 0.717) is 22.2 Å². The lowest BCUT2D eigenvalue weighted by Gasteiger charge is -2.51. The molecule has 2 aromatic carbocycles. The van der Waals surface area contributed by atoms with Crippen LogP contribution >= 0.6 is 0 Å². The quantitative estimate of drug-likeness (QED) is 0.316. The largest absolute Gasteiger partial charge is 0.542 e. The predicted octanol–water partition coefficient (Wildman–Crippen LogP) is 1.80. The third kappa shape index (κ3) is 7.09. The second-order valence-corrected chi connectivity index (χ2v) is 10.3. The topological polar surface area (TPSA) is 142 Å². The van der Waals surface area contributed by atoms with Gasteiger partial charge in [-0.1, -0.05) is 60.7 Å². The Morgan fingerprint density at radius 2 is 1.43 bits per heavy atom. The standard InChI is InChI=1S/C27H28N4O4.C2HF3O2/c32-24(30-26-28-14-7-15-29-26)19-31-16-12-20(13-17-31)23(18-31)35-25(33)27(34,21-8-3-1-4-9-21)22-10-5-2-6-11-22;3-2(4,5)1(6)7/h1-11,14-15,20,23,34H,12-13,16-19H2;(H,6,7)/t20?,23-,31?;/m0./s1. The number of hydrogen-bond donors (Lipinski definition) is 2. The van der Waals surface area contributed by atoms with E-state index in [1.807, 2.05) is 12.1 Å². The second-order valence-electron chi connectivity index (χ2n) is 10.3. The van der Waals surface area contributed by atoms with Crippen LogP contribution < -0.4 is 10.4 Å². The number of rotatable bonds is 7. The SMILES string of the molecule is O=C(C[N+]12CCC(CC1)[C@@H](OC(=O)C(O)(c1ccccc1)c1ccccc1)C2)Nc1ncccn1.O=C([O-])C(F)(F)F. The fourth-order valence-corrected chi connectivity index (χ4v) is 5.39. The smallest absolute Gasteiger partial charge is 0.430 e. The van der Waals surface area contributed by atoms with Gasteiger partial charge in [0.25, 0.3) is 5.91 Å². The Balaban J connectivity index is 0.000000517. The summed E-state index contributed by atoms with van der Waals surface area (Å²) in [6, 6.07) is 19.5. The Bertz CT molecular complexity index is 1330. The van der Waals surface area contributed by atoms with Crippen molar-refractivity contribution in [1.82, 2.24) is 9.97 Å². The minimum atomic E-state index is -5.19. The summed E-state index contributed by atoms with van der Waals surface area (Å²) in [5.41, 5.74) is -0.992. The van der Waals surface area contributed by atoms with Gasteiger partial charge in [0.05, 0.1) is 13.1 Å². The Morgan fingerprint density at radius 1 is 0.929 bits per heavy atom. The van der Waals surface area contributed by atoms with Gasteiger partial charge in [0.15, 0.2) is 12.6 Å². The molecule has 4 heterocycles. The van der Waals surface area contributed by atoms with Gasteiger partial charge < -0.3 is 24.2 Å². The number of benzene rings is 2. The number of carboxylic acid groups (broad SMARTS) is 1. The summed E-state index contributed by atoms with van der Waals surface area (Å²) in [5, 5.41) is 23.3. The molecule has 10 nitrogen and oxygen atoms in total. The number of carbonyl (C=O) groups is 3. The molecule has 2 N–H and O–H groups in total. The van der Waals surface area contributed by atoms with Crippen molar-refractivity contribution in [3.05, 3.63) is 90.3 Å². The van der Waals surface area contributed by atoms with Gasteiger partial charge in [-0.2, -0.15) is 13.2 Å². The number of halogens is 3. The molecule has 1 amide bonds. The van der Waals surface area contributed by atoms with E-state index in [2.05, 4.69) is 15.3 Å². The molecule has 0 radical (unpaired) electrons. The average Bonchev–Trinajstić information content (AvgIpc) is 2.98. The van der Waals surface area contributed by atoms with Crippen LogP contribution in [0.1, 0.15) is 24.0 Å². The number of aliphatic carboxylic acids is 1. The highest BCUT2D eigenvalue weighted by Crippen LogP contribution is 2.38. The maximum Gasteiger partial charge on any atom is 0.430 e. The number of nitrogens with zero attached hydrogens (tertiary/aromatic N) is 3. The number of nitrogens with one attached hydrogen (secondary N) is 1. The van der Waals surface area contributed by atoms with E-state index >= 15 is 0 Å². The molecule has 0 saturated carbocycles. The molecule has 13 heteroatoms. The minimum Gasteiger partial charge on any atom is -0.542 e. The molecule has 3 aliphatic heterocycles. The lowest BCUT2D eigenvalue weighted by molar-refractivity contribution is -0.939. The number of fused-ring (bicyclic) bond motifs is 3. The number of ether oxygens (including phenoxy) is 1. The van der Waals surface area contributed by atoms with Crippen molar-refractivity contribution in [2.45, 2.75) is 30.7 Å². The van der Waals surface area contributed by atoms with Crippen LogP contribution in [-0.2, 0) is 24.7 Å². The van der Waals surface area contributed by atoms with Crippen LogP contribution in [0.4, 0.5) is 19.1 Å². The summed E-state index contributed by atoms with van der Waals surface area (Å²) >= 11 is 0. The van der Waals surface area contributed by atoms with E-state index in [1.54, 1.807) is 67.0 Å². The third-order valence-corrected chi connectivity index (χ3v) is 7.51. The van der Waals surface area contributed by atoms with Crippen molar-refractivity contribution in [3.8, 4) is 0 Å². The molecule has 3 aliphatic rings. The summed E-state index contributed by atoms with van der Waals surface area (Å²) in [6.07, 6.45) is -0.677. The zero-order valence-corrected chi connectivity index (χ0v) is 22.4. The first-order chi connectivity index (χ1) is 19.9. The number of hydrogen-bond acceptors (Lipinski definition) is 8. The number of carboxylic acids is 1. The van der Waals surface area contributed by atoms with Crippen molar-refractivity contribution in [2.24, 2.45) is 5.92 Å². The van der Waals surface area contributed by atoms with Gasteiger partial charge in [-0.15, -0.1) is 0 Å². The van der Waals surface area contributed by atoms with Gasteiger partial charge in [-0.05, 0) is 17.2 Å². The highest BCUT2D eigenvalue weighted by molar-refractivity contribution is 5.90. The number of anilines is 1. The fourth-order valence-electron chi connectivity index (χ4n) is 5.39. The molecule has 3 aromatic rings. The molecule has 0 spiro atoms. The molecule has 0 aliphatic carbocycles. The van der Waals surface area contributed by atoms with Crippen LogP contribution in [0.5, 0.6) is 0 Å². The first kappa shape index (κ1) is 30.6. The highest BCUT2D eigenvalue weighted by atomic mass is 19.4. The lowest BCUT2D eigenvalue weighted by Crippen LogP contribution is -2.66. The van der Waals surface area contributed by atoms with E-state index in [4.69, 9.17) is 14.6 Å². The van der Waals surface area contributed by atoms with Crippen LogP contribution in [0.2, 0.25) is 0 Å². The number of carbonyl (C=O) groups excluding carboxylic acids is 3. The van der Waals surface area contributed by atoms with Gasteiger partial charge in [0, 0.05) is 31.2 Å². The molecule has 3 saturated heterocycles. The van der Waals surface area contributed by atoms with E-state index in [9.17, 15) is 27.9 Å². The highest BCUT2D eigenvalue weighted by Gasteiger charge is 2.51. The zero-order valence-electron chi connectivity index (χ0n) is 22.4. The van der Waals surface area contributed by atoms with E-state index in [1.165, 1.54) is 0 Å². The first-order valence-corrected chi connectivity index (χ1v) is 13.2. The Labute approximate surface area is 239 Å². The Kier molecular flexibility index (Phi) is 9.22. The average molecular weight is 587 g/mol. The monoisotopic (exact) mass is 586 g/mol. The molecule has 1 aromatic heterocycles. The molecule has 3 fully saturated rings. The number of esters is 1. The Hall–Kier alpha value is -4.36. The second kappa shape index (κ2) is 12.7. The normalized spacial score (nSPS) is 21.4. The van der Waals surface area contributed by atoms with Crippen LogP contribution in [0.3, 0.4) is 0 Å². The predicted molar refractivity (Wildman–Crippen MR) is 140 cm³/mol. The lowest BCUT2D eigenvalue weighted by atomic mass is 9.82. The minimum absolute atomic E-state index is 0.160. The summed E-state index contributed by atoms with van der Waals surface area (Å²) in [5.74, 6) is -3.36. The van der Waals surface area contributed by atoms with E-state index in [-0.39, 0.29) is 30.4 Å². The van der Waals surface area contributed by atoms with Gasteiger partial charge >= 0.3 is 12.1 Å². The maximum absolute atomic E-state index is 13.6. The van der Waals surface area contributed by atoms with Crippen molar-refractivity contribution in [3.63, 3.8) is 0 Å². The number of amides is 1. The molecular weight excluding hydrogens is 557 g/mol. The van der Waals surface area contributed by atoms with Crippen LogP contribution in [0, 0.1) is 5.92 Å². The van der Waals surface area contributed by atoms with Gasteiger partial charge in [0.2, 0.25) is 11.5 Å². The molecule has 1 atom stereocenters. The van der Waals surface area contributed by atoms with Gasteiger partial charge in [-0.25, -0.2) is 14.8 Å². The summed E-state index contributed by atoms with van der Waals surface area (Å²) < 4.78 is 38.2. The molecule has 222 valence electrons. The molecular formula is C29H29F3N4O6. The maximum atomic E-state index is 13.6. The summed E-state index contributed by atoms with van der Waals surface area (Å²) in [4.78, 5) is 43.3. The van der Waals surface area contributed by atoms with Crippen molar-refractivity contribution in [1.29, 1.82) is 0 Å². The number of alkyl halides is 3. The number of quaternary nitrogens is 1. The zero-order chi connectivity index (χ0) is 30.4. The van der Waals surface area contributed by atoms with Crippen LogP contribution in [-0.4, -0.2) is 75.9 Å². The molecule has 0 unspecified atom stereocenters.